The molecule has 0 amide bonds. The van der Waals surface area contributed by atoms with E-state index in [1.165, 1.54) is 0 Å². The molecule has 3 rings (SSSR count). The number of benzene rings is 1. The highest BCUT2D eigenvalue weighted by molar-refractivity contribution is 6.30. The van der Waals surface area contributed by atoms with Gasteiger partial charge < -0.3 is 9.84 Å². The molecule has 1 N–H and O–H groups in total. The Hall–Kier alpha value is -1.10. The first kappa shape index (κ1) is 14.8. The SMILES string of the molecule is O=C(O)C1CN(Cc2cccc(Cl)c2)CC12CCOCC2. The topological polar surface area (TPSA) is 49.8 Å². The number of hydrogen-bond donors (Lipinski definition) is 1. The van der Waals surface area contributed by atoms with E-state index in [0.717, 1.165) is 36.5 Å². The number of carboxylic acid groups (broad SMARTS) is 1. The summed E-state index contributed by atoms with van der Waals surface area (Å²) in [6.07, 6.45) is 1.69. The smallest absolute Gasteiger partial charge is 0.308 e. The van der Waals surface area contributed by atoms with Crippen molar-refractivity contribution in [3.8, 4) is 0 Å². The van der Waals surface area contributed by atoms with Crippen LogP contribution in [-0.4, -0.2) is 42.3 Å². The van der Waals surface area contributed by atoms with Crippen LogP contribution in [0.4, 0.5) is 0 Å². The predicted octanol–water partition coefficient (Wildman–Crippen LogP) is 2.65. The molecule has 4 nitrogen and oxygen atoms in total. The Morgan fingerprint density at radius 3 is 2.86 bits per heavy atom. The molecule has 0 aliphatic carbocycles. The minimum atomic E-state index is -0.675. The number of nitrogens with zero attached hydrogens (tertiary/aromatic N) is 1. The molecule has 2 heterocycles. The van der Waals surface area contributed by atoms with Crippen molar-refractivity contribution in [2.75, 3.05) is 26.3 Å². The van der Waals surface area contributed by atoms with Crippen molar-refractivity contribution in [2.24, 2.45) is 11.3 Å². The Labute approximate surface area is 129 Å². The van der Waals surface area contributed by atoms with Crippen LogP contribution in [0.15, 0.2) is 24.3 Å². The van der Waals surface area contributed by atoms with Gasteiger partial charge in [-0.3, -0.25) is 9.69 Å². The number of carbonyl (C=O) groups is 1. The number of hydrogen-bond acceptors (Lipinski definition) is 3. The zero-order valence-corrected chi connectivity index (χ0v) is 12.7. The van der Waals surface area contributed by atoms with Crippen LogP contribution in [0.2, 0.25) is 5.02 Å². The van der Waals surface area contributed by atoms with Crippen molar-refractivity contribution in [3.63, 3.8) is 0 Å². The van der Waals surface area contributed by atoms with Crippen molar-refractivity contribution in [1.29, 1.82) is 0 Å². The summed E-state index contributed by atoms with van der Waals surface area (Å²) in [5, 5.41) is 10.3. The maximum Gasteiger partial charge on any atom is 0.308 e. The summed E-state index contributed by atoms with van der Waals surface area (Å²) >= 11 is 6.02. The molecule has 114 valence electrons. The number of likely N-dealkylation sites (tertiary alicyclic amines) is 1. The van der Waals surface area contributed by atoms with E-state index < -0.39 is 5.97 Å². The molecule has 21 heavy (non-hydrogen) atoms. The lowest BCUT2D eigenvalue weighted by Gasteiger charge is -2.36. The number of aliphatic carboxylic acids is 1. The van der Waals surface area contributed by atoms with E-state index in [2.05, 4.69) is 4.90 Å². The van der Waals surface area contributed by atoms with Gasteiger partial charge in [-0.15, -0.1) is 0 Å². The second kappa shape index (κ2) is 5.95. The zero-order chi connectivity index (χ0) is 14.9. The van der Waals surface area contributed by atoms with Crippen LogP contribution in [0.25, 0.3) is 0 Å². The number of halogens is 1. The van der Waals surface area contributed by atoms with Crippen molar-refractivity contribution in [1.82, 2.24) is 4.90 Å². The summed E-state index contributed by atoms with van der Waals surface area (Å²) in [5.41, 5.74) is 1.01. The van der Waals surface area contributed by atoms with Gasteiger partial charge in [-0.1, -0.05) is 23.7 Å². The fourth-order valence-electron chi connectivity index (χ4n) is 3.71. The van der Waals surface area contributed by atoms with Crippen molar-refractivity contribution >= 4 is 17.6 Å². The standard InChI is InChI=1S/C16H20ClNO3/c17-13-3-1-2-12(8-13)9-18-10-14(15(19)20)16(11-18)4-6-21-7-5-16/h1-3,8,14H,4-7,9-11H2,(H,19,20). The van der Waals surface area contributed by atoms with E-state index in [1.54, 1.807) is 0 Å². The van der Waals surface area contributed by atoms with E-state index in [0.29, 0.717) is 19.8 Å². The average molecular weight is 310 g/mol. The Morgan fingerprint density at radius 1 is 1.43 bits per heavy atom. The molecule has 2 saturated heterocycles. The highest BCUT2D eigenvalue weighted by Crippen LogP contribution is 2.44. The van der Waals surface area contributed by atoms with Gasteiger partial charge in [0.25, 0.3) is 0 Å². The lowest BCUT2D eigenvalue weighted by molar-refractivity contribution is -0.146. The van der Waals surface area contributed by atoms with Crippen LogP contribution in [-0.2, 0) is 16.1 Å². The first-order valence-corrected chi connectivity index (χ1v) is 7.74. The normalized spacial score (nSPS) is 25.3. The molecule has 1 atom stereocenters. The third kappa shape index (κ3) is 3.07. The minimum Gasteiger partial charge on any atom is -0.481 e. The van der Waals surface area contributed by atoms with Gasteiger partial charge >= 0.3 is 5.97 Å². The van der Waals surface area contributed by atoms with Gasteiger partial charge in [-0.2, -0.15) is 0 Å². The zero-order valence-electron chi connectivity index (χ0n) is 11.9. The monoisotopic (exact) mass is 309 g/mol. The highest BCUT2D eigenvalue weighted by atomic mass is 35.5. The summed E-state index contributed by atoms with van der Waals surface area (Å²) in [4.78, 5) is 13.9. The van der Waals surface area contributed by atoms with E-state index in [4.69, 9.17) is 16.3 Å². The molecule has 5 heteroatoms. The predicted molar refractivity (Wildman–Crippen MR) is 80.3 cm³/mol. The summed E-state index contributed by atoms with van der Waals surface area (Å²) in [5.74, 6) is -0.967. The van der Waals surface area contributed by atoms with Gasteiger partial charge in [0.15, 0.2) is 0 Å². The van der Waals surface area contributed by atoms with Crippen LogP contribution < -0.4 is 0 Å². The summed E-state index contributed by atoms with van der Waals surface area (Å²) in [7, 11) is 0. The van der Waals surface area contributed by atoms with Gasteiger partial charge in [0.2, 0.25) is 0 Å². The first-order chi connectivity index (χ1) is 10.1. The number of carboxylic acids is 1. The van der Waals surface area contributed by atoms with Gasteiger partial charge in [0, 0.05) is 43.3 Å². The van der Waals surface area contributed by atoms with Gasteiger partial charge in [0.1, 0.15) is 0 Å². The maximum absolute atomic E-state index is 11.6. The molecule has 1 spiro atoms. The van der Waals surface area contributed by atoms with Crippen LogP contribution in [0, 0.1) is 11.3 Å². The van der Waals surface area contributed by atoms with Crippen LogP contribution in [0.3, 0.4) is 0 Å². The summed E-state index contributed by atoms with van der Waals surface area (Å²) < 4.78 is 5.42. The largest absolute Gasteiger partial charge is 0.481 e. The molecule has 2 aliphatic rings. The molecule has 0 radical (unpaired) electrons. The fourth-order valence-corrected chi connectivity index (χ4v) is 3.92. The summed E-state index contributed by atoms with van der Waals surface area (Å²) in [6.45, 7) is 3.55. The molecule has 0 saturated carbocycles. The van der Waals surface area contributed by atoms with E-state index in [1.807, 2.05) is 24.3 Å². The van der Waals surface area contributed by atoms with Crippen LogP contribution in [0.5, 0.6) is 0 Å². The van der Waals surface area contributed by atoms with Crippen molar-refractivity contribution < 1.29 is 14.6 Å². The van der Waals surface area contributed by atoms with Gasteiger partial charge in [-0.25, -0.2) is 0 Å². The lowest BCUT2D eigenvalue weighted by Crippen LogP contribution is -2.40. The Morgan fingerprint density at radius 2 is 2.19 bits per heavy atom. The summed E-state index contributed by atoms with van der Waals surface area (Å²) in [6, 6.07) is 7.78. The molecule has 0 aromatic heterocycles. The second-order valence-corrected chi connectivity index (χ2v) is 6.60. The van der Waals surface area contributed by atoms with Gasteiger partial charge in [0.05, 0.1) is 5.92 Å². The highest BCUT2D eigenvalue weighted by Gasteiger charge is 2.50. The number of ether oxygens (including phenoxy) is 1. The molecular formula is C16H20ClNO3. The Kier molecular flexibility index (Phi) is 4.20. The Bertz CT molecular complexity index is 528. The fraction of sp³-hybridized carbons (Fsp3) is 0.562. The minimum absolute atomic E-state index is 0.122. The van der Waals surface area contributed by atoms with E-state index >= 15 is 0 Å². The quantitative estimate of drug-likeness (QED) is 0.932. The lowest BCUT2D eigenvalue weighted by atomic mass is 9.72. The first-order valence-electron chi connectivity index (χ1n) is 7.36. The molecule has 1 aromatic rings. The molecule has 1 aromatic carbocycles. The second-order valence-electron chi connectivity index (χ2n) is 6.17. The van der Waals surface area contributed by atoms with E-state index in [9.17, 15) is 9.90 Å². The van der Waals surface area contributed by atoms with E-state index in [-0.39, 0.29) is 11.3 Å². The third-order valence-electron chi connectivity index (χ3n) is 4.80. The van der Waals surface area contributed by atoms with Crippen molar-refractivity contribution in [2.45, 2.75) is 19.4 Å². The molecule has 2 aliphatic heterocycles. The molecule has 1 unspecified atom stereocenters. The molecule has 2 fully saturated rings. The third-order valence-corrected chi connectivity index (χ3v) is 5.04. The molecule has 0 bridgehead atoms. The molecular weight excluding hydrogens is 290 g/mol. The Balaban J connectivity index is 1.75. The van der Waals surface area contributed by atoms with Crippen molar-refractivity contribution in [3.05, 3.63) is 34.9 Å². The maximum atomic E-state index is 11.6. The number of rotatable bonds is 3. The van der Waals surface area contributed by atoms with Crippen LogP contribution in [0.1, 0.15) is 18.4 Å². The average Bonchev–Trinajstić information content (AvgIpc) is 2.78. The van der Waals surface area contributed by atoms with Crippen LogP contribution >= 0.6 is 11.6 Å². The van der Waals surface area contributed by atoms with Gasteiger partial charge in [-0.05, 0) is 30.5 Å².